The quantitative estimate of drug-likeness (QED) is 0.235. The molecule has 6 rings (SSSR count). The third-order valence-corrected chi connectivity index (χ3v) is 9.17. The molecule has 2 aromatic heterocycles. The van der Waals surface area contributed by atoms with E-state index in [1.165, 1.54) is 5.56 Å². The highest BCUT2D eigenvalue weighted by Gasteiger charge is 2.40. The fraction of sp³-hybridized carbons (Fsp3) is 0.514. The topological polar surface area (TPSA) is 121 Å². The van der Waals surface area contributed by atoms with Gasteiger partial charge in [-0.1, -0.05) is 24.0 Å². The molecule has 0 amide bonds. The molecule has 2 fully saturated rings. The summed E-state index contributed by atoms with van der Waals surface area (Å²) in [6.45, 7) is 7.57. The van der Waals surface area contributed by atoms with Crippen molar-refractivity contribution in [1.82, 2.24) is 29.7 Å². The highest BCUT2D eigenvalue weighted by atomic mass is 19.4. The van der Waals surface area contributed by atoms with Crippen molar-refractivity contribution >= 4 is 17.6 Å². The van der Waals surface area contributed by atoms with Crippen molar-refractivity contribution in [3.05, 3.63) is 70.9 Å². The lowest BCUT2D eigenvalue weighted by Crippen LogP contribution is -2.47. The van der Waals surface area contributed by atoms with E-state index in [4.69, 9.17) is 14.6 Å². The fourth-order valence-corrected chi connectivity index (χ4v) is 6.34. The first-order valence-corrected chi connectivity index (χ1v) is 17.0. The van der Waals surface area contributed by atoms with Crippen molar-refractivity contribution < 1.29 is 32.5 Å². The van der Waals surface area contributed by atoms with Crippen LogP contribution in [-0.2, 0) is 26.9 Å². The molecule has 0 radical (unpaired) electrons. The number of halogens is 3. The van der Waals surface area contributed by atoms with Crippen molar-refractivity contribution in [2.75, 3.05) is 77.1 Å². The van der Waals surface area contributed by atoms with Gasteiger partial charge < -0.3 is 24.4 Å². The third-order valence-electron chi connectivity index (χ3n) is 9.17. The molecule has 0 saturated carbocycles. The molecular formula is C35H41F3N8O4. The van der Waals surface area contributed by atoms with E-state index in [2.05, 4.69) is 59.0 Å². The molecular weight excluding hydrogens is 653 g/mol. The van der Waals surface area contributed by atoms with Gasteiger partial charge in [-0.2, -0.15) is 22.9 Å². The van der Waals surface area contributed by atoms with Crippen LogP contribution in [0.2, 0.25) is 0 Å². The molecule has 266 valence electrons. The average molecular weight is 695 g/mol. The second-order valence-electron chi connectivity index (χ2n) is 12.5. The number of carboxylic acid groups (broad SMARTS) is 1. The predicted octanol–water partition coefficient (Wildman–Crippen LogP) is 3.71. The predicted molar refractivity (Wildman–Crippen MR) is 179 cm³/mol. The number of nitrogens with zero attached hydrogens (tertiary/aromatic N) is 8. The van der Waals surface area contributed by atoms with Gasteiger partial charge in [-0.25, -0.2) is 4.98 Å². The lowest BCUT2D eigenvalue weighted by Gasteiger charge is -2.35. The highest BCUT2D eigenvalue weighted by Crippen LogP contribution is 2.32. The number of carboxylic acids is 1. The van der Waals surface area contributed by atoms with Crippen molar-refractivity contribution in [1.29, 1.82) is 0 Å². The third kappa shape index (κ3) is 9.38. The summed E-state index contributed by atoms with van der Waals surface area (Å²) in [4.78, 5) is 21.9. The Hall–Kier alpha value is -4.52. The summed E-state index contributed by atoms with van der Waals surface area (Å²) in [7, 11) is 0. The van der Waals surface area contributed by atoms with E-state index in [0.717, 1.165) is 80.3 Å². The normalized spacial score (nSPS) is 17.2. The SMILES string of the molecule is O=C(O)CCOCCOCCN1CCN(c2ccc(C#Cc3ccc(C4CCN(C5=Nn6c(nnc6C(F)(F)F)CC5)CC4)cc3)cn2)CC1. The Labute approximate surface area is 288 Å². The van der Waals surface area contributed by atoms with Crippen molar-refractivity contribution in [2.45, 2.75) is 44.2 Å². The molecule has 0 unspecified atom stereocenters. The summed E-state index contributed by atoms with van der Waals surface area (Å²) >= 11 is 0. The molecule has 0 atom stereocenters. The molecule has 2 saturated heterocycles. The Morgan fingerprint density at radius 2 is 1.54 bits per heavy atom. The number of alkyl halides is 3. The van der Waals surface area contributed by atoms with Crippen LogP contribution in [0.5, 0.6) is 0 Å². The first-order valence-electron chi connectivity index (χ1n) is 17.0. The molecule has 3 aliphatic rings. The van der Waals surface area contributed by atoms with E-state index < -0.39 is 18.0 Å². The summed E-state index contributed by atoms with van der Waals surface area (Å²) in [5.74, 6) is 6.73. The number of ether oxygens (including phenoxy) is 2. The van der Waals surface area contributed by atoms with Gasteiger partial charge in [0.2, 0.25) is 0 Å². The molecule has 1 N–H and O–H groups in total. The zero-order chi connectivity index (χ0) is 34.9. The molecule has 0 aliphatic carbocycles. The van der Waals surface area contributed by atoms with Crippen LogP contribution in [0.4, 0.5) is 19.0 Å². The Morgan fingerprint density at radius 1 is 0.840 bits per heavy atom. The van der Waals surface area contributed by atoms with E-state index in [9.17, 15) is 18.0 Å². The van der Waals surface area contributed by atoms with Crippen LogP contribution in [0.25, 0.3) is 0 Å². The Kier molecular flexibility index (Phi) is 11.6. The number of piperazine rings is 1. The monoisotopic (exact) mass is 694 g/mol. The summed E-state index contributed by atoms with van der Waals surface area (Å²) < 4.78 is 51.6. The molecule has 12 nitrogen and oxygen atoms in total. The molecule has 3 aromatic rings. The van der Waals surface area contributed by atoms with Crippen molar-refractivity contribution in [3.8, 4) is 11.8 Å². The van der Waals surface area contributed by atoms with Gasteiger partial charge in [-0.15, -0.1) is 10.2 Å². The Balaban J connectivity index is 0.915. The second-order valence-corrected chi connectivity index (χ2v) is 12.5. The van der Waals surface area contributed by atoms with Gasteiger partial charge in [-0.05, 0) is 48.6 Å². The maximum absolute atomic E-state index is 13.3. The van der Waals surface area contributed by atoms with Gasteiger partial charge in [0.1, 0.15) is 11.7 Å². The molecule has 0 bridgehead atoms. The van der Waals surface area contributed by atoms with Crippen molar-refractivity contribution in [2.24, 2.45) is 5.10 Å². The van der Waals surface area contributed by atoms with Gasteiger partial charge in [0, 0.05) is 76.0 Å². The van der Waals surface area contributed by atoms with Gasteiger partial charge >= 0.3 is 12.1 Å². The lowest BCUT2D eigenvalue weighted by atomic mass is 9.89. The zero-order valence-electron chi connectivity index (χ0n) is 27.8. The van der Waals surface area contributed by atoms with Crippen LogP contribution in [0, 0.1) is 11.8 Å². The molecule has 15 heteroatoms. The van der Waals surface area contributed by atoms with E-state index in [-0.39, 0.29) is 18.9 Å². The van der Waals surface area contributed by atoms with Gasteiger partial charge in [0.25, 0.3) is 5.82 Å². The van der Waals surface area contributed by atoms with Crippen LogP contribution >= 0.6 is 0 Å². The zero-order valence-corrected chi connectivity index (χ0v) is 27.8. The molecule has 5 heterocycles. The van der Waals surface area contributed by atoms with E-state index in [1.54, 1.807) is 0 Å². The summed E-state index contributed by atoms with van der Waals surface area (Å²) in [5, 5.41) is 19.9. The maximum atomic E-state index is 13.3. The number of hydrogen-bond donors (Lipinski definition) is 1. The smallest absolute Gasteiger partial charge is 0.453 e. The number of aliphatic carboxylic acids is 1. The number of carbonyl (C=O) groups is 1. The Morgan fingerprint density at radius 3 is 2.22 bits per heavy atom. The summed E-state index contributed by atoms with van der Waals surface area (Å²) in [6, 6.07) is 12.3. The number of hydrogen-bond acceptors (Lipinski definition) is 10. The standard InChI is InChI=1S/C35H41F3N8O4/c36-35(37,38)34-41-40-31-9-10-32(42-46(31)34)44-14-11-29(12-15-44)28-6-3-26(4-7-28)1-2-27-5-8-30(39-25-27)45-18-16-43(17-19-45)20-22-50-24-23-49-21-13-33(47)48/h3-8,25,29H,9-24H2,(H,47,48). The van der Waals surface area contributed by atoms with E-state index in [0.29, 0.717) is 44.4 Å². The number of benzene rings is 1. The van der Waals surface area contributed by atoms with Crippen LogP contribution in [0.15, 0.2) is 47.7 Å². The first kappa shape index (κ1) is 35.3. The lowest BCUT2D eigenvalue weighted by molar-refractivity contribution is -0.147. The second kappa shape index (κ2) is 16.5. The number of fused-ring (bicyclic) bond motifs is 1. The van der Waals surface area contributed by atoms with Crippen LogP contribution in [0.3, 0.4) is 0 Å². The maximum Gasteiger partial charge on any atom is 0.453 e. The van der Waals surface area contributed by atoms with Gasteiger partial charge in [0.05, 0.1) is 32.8 Å². The fourth-order valence-electron chi connectivity index (χ4n) is 6.34. The largest absolute Gasteiger partial charge is 0.481 e. The molecule has 3 aliphatic heterocycles. The number of aryl methyl sites for hydroxylation is 1. The molecule has 0 spiro atoms. The highest BCUT2D eigenvalue weighted by molar-refractivity contribution is 5.83. The number of anilines is 1. The number of amidine groups is 1. The summed E-state index contributed by atoms with van der Waals surface area (Å²) in [5.41, 5.74) is 3.00. The minimum Gasteiger partial charge on any atom is -0.481 e. The Bertz CT molecular complexity index is 1670. The van der Waals surface area contributed by atoms with Gasteiger partial charge in [-0.3, -0.25) is 9.69 Å². The number of likely N-dealkylation sites (tertiary alicyclic amines) is 1. The molecule has 50 heavy (non-hydrogen) atoms. The first-order chi connectivity index (χ1) is 24.2. The van der Waals surface area contributed by atoms with Crippen LogP contribution in [0.1, 0.15) is 59.9 Å². The van der Waals surface area contributed by atoms with E-state index >= 15 is 0 Å². The number of aromatic nitrogens is 4. The number of piperidine rings is 1. The summed E-state index contributed by atoms with van der Waals surface area (Å²) in [6.07, 6.45) is -0.0511. The minimum absolute atomic E-state index is 0.00596. The minimum atomic E-state index is -4.59. The van der Waals surface area contributed by atoms with E-state index in [1.807, 2.05) is 30.5 Å². The number of rotatable bonds is 11. The van der Waals surface area contributed by atoms with Crippen molar-refractivity contribution in [3.63, 3.8) is 0 Å². The van der Waals surface area contributed by atoms with Crippen LogP contribution in [-0.4, -0.2) is 119 Å². The average Bonchev–Trinajstić information content (AvgIpc) is 3.57. The molecule has 1 aromatic carbocycles. The number of pyridine rings is 1. The van der Waals surface area contributed by atoms with Gasteiger partial charge in [0.15, 0.2) is 5.82 Å². The van der Waals surface area contributed by atoms with Crippen LogP contribution < -0.4 is 4.90 Å².